The molecular formula is C19H18N4O3. The largest absolute Gasteiger partial charge is 0.479 e. The van der Waals surface area contributed by atoms with Crippen molar-refractivity contribution in [2.24, 2.45) is 0 Å². The Bertz CT molecular complexity index is 991. The molecule has 0 saturated heterocycles. The maximum Gasteiger partial charge on any atom is 0.341 e. The summed E-state index contributed by atoms with van der Waals surface area (Å²) in [5.74, 6) is 0.841. The third kappa shape index (κ3) is 2.27. The standard InChI is InChI=1S/C19H18N4O3/c24-14(25)10-26-19-16-12-8-6-11(7-9-12)15(16)18-21-20-17(23(18)22-19)13-4-2-1-3-5-13/h1-5,11-12H,6-10H2,(H,24,25). The molecule has 2 bridgehead atoms. The van der Waals surface area contributed by atoms with Crippen LogP contribution in [0.25, 0.3) is 17.0 Å². The molecule has 26 heavy (non-hydrogen) atoms. The zero-order valence-corrected chi connectivity index (χ0v) is 14.1. The number of hydrogen-bond donors (Lipinski definition) is 1. The summed E-state index contributed by atoms with van der Waals surface area (Å²) in [5.41, 5.74) is 3.89. The van der Waals surface area contributed by atoms with Gasteiger partial charge in [0.1, 0.15) is 0 Å². The molecule has 3 aliphatic carbocycles. The molecule has 1 fully saturated rings. The number of aliphatic carboxylic acids is 1. The molecule has 0 amide bonds. The van der Waals surface area contributed by atoms with Crippen LogP contribution in [0, 0.1) is 0 Å². The van der Waals surface area contributed by atoms with E-state index in [-0.39, 0.29) is 0 Å². The van der Waals surface area contributed by atoms with E-state index in [1.165, 1.54) is 0 Å². The highest BCUT2D eigenvalue weighted by molar-refractivity contribution is 5.69. The molecule has 1 N–H and O–H groups in total. The number of ether oxygens (including phenoxy) is 1. The van der Waals surface area contributed by atoms with Crippen molar-refractivity contribution in [3.05, 3.63) is 41.5 Å². The van der Waals surface area contributed by atoms with Crippen molar-refractivity contribution in [2.45, 2.75) is 37.5 Å². The van der Waals surface area contributed by atoms with Gasteiger partial charge in [0.2, 0.25) is 5.88 Å². The molecule has 7 heteroatoms. The molecule has 0 aliphatic heterocycles. The molecule has 3 aromatic rings. The minimum Gasteiger partial charge on any atom is -0.479 e. The van der Waals surface area contributed by atoms with Gasteiger partial charge in [0.25, 0.3) is 0 Å². The molecule has 0 unspecified atom stereocenters. The zero-order valence-electron chi connectivity index (χ0n) is 14.1. The fourth-order valence-electron chi connectivity index (χ4n) is 4.39. The Kier molecular flexibility index (Phi) is 3.41. The molecule has 0 radical (unpaired) electrons. The van der Waals surface area contributed by atoms with E-state index < -0.39 is 12.6 Å². The molecule has 3 aliphatic rings. The summed E-state index contributed by atoms with van der Waals surface area (Å²) in [4.78, 5) is 11.0. The molecule has 1 saturated carbocycles. The Morgan fingerprint density at radius 3 is 2.46 bits per heavy atom. The lowest BCUT2D eigenvalue weighted by atomic mass is 9.67. The van der Waals surface area contributed by atoms with E-state index in [0.29, 0.717) is 23.5 Å². The molecule has 132 valence electrons. The second kappa shape index (κ2) is 5.79. The average molecular weight is 350 g/mol. The Hall–Kier alpha value is -2.96. The minimum atomic E-state index is -1.01. The van der Waals surface area contributed by atoms with Crippen molar-refractivity contribution in [3.63, 3.8) is 0 Å². The van der Waals surface area contributed by atoms with Crippen molar-refractivity contribution < 1.29 is 14.6 Å². The van der Waals surface area contributed by atoms with Crippen LogP contribution in [0.2, 0.25) is 0 Å². The Morgan fingerprint density at radius 2 is 1.77 bits per heavy atom. The Morgan fingerprint density at radius 1 is 1.08 bits per heavy atom. The van der Waals surface area contributed by atoms with Gasteiger partial charge in [-0.05, 0) is 37.5 Å². The van der Waals surface area contributed by atoms with E-state index in [0.717, 1.165) is 48.0 Å². The van der Waals surface area contributed by atoms with Crippen LogP contribution >= 0.6 is 0 Å². The monoisotopic (exact) mass is 350 g/mol. The van der Waals surface area contributed by atoms with Crippen molar-refractivity contribution >= 4 is 11.6 Å². The number of benzene rings is 1. The maximum atomic E-state index is 11.0. The van der Waals surface area contributed by atoms with Gasteiger partial charge in [0.05, 0.1) is 0 Å². The average Bonchev–Trinajstić information content (AvgIpc) is 3.11. The van der Waals surface area contributed by atoms with E-state index in [9.17, 15) is 4.79 Å². The topological polar surface area (TPSA) is 89.6 Å². The van der Waals surface area contributed by atoms with Crippen molar-refractivity contribution in [1.82, 2.24) is 19.8 Å². The normalized spacial score (nSPS) is 20.9. The van der Waals surface area contributed by atoms with Crippen LogP contribution in [0.15, 0.2) is 30.3 Å². The molecule has 2 heterocycles. The summed E-state index contributed by atoms with van der Waals surface area (Å²) in [6, 6.07) is 9.75. The predicted octanol–water partition coefficient (Wildman–Crippen LogP) is 3.01. The fraction of sp³-hybridized carbons (Fsp3) is 0.368. The first-order valence-corrected chi connectivity index (χ1v) is 8.91. The first-order chi connectivity index (χ1) is 12.7. The van der Waals surface area contributed by atoms with Crippen LogP contribution in [0.3, 0.4) is 0 Å². The predicted molar refractivity (Wildman–Crippen MR) is 93.3 cm³/mol. The summed E-state index contributed by atoms with van der Waals surface area (Å²) in [6.07, 6.45) is 4.45. The lowest BCUT2D eigenvalue weighted by Crippen LogP contribution is -2.25. The first kappa shape index (κ1) is 15.3. The summed E-state index contributed by atoms with van der Waals surface area (Å²) in [6.45, 7) is -0.398. The summed E-state index contributed by atoms with van der Waals surface area (Å²) < 4.78 is 7.31. The minimum absolute atomic E-state index is 0.369. The zero-order chi connectivity index (χ0) is 17.7. The lowest BCUT2D eigenvalue weighted by Gasteiger charge is -2.38. The van der Waals surface area contributed by atoms with E-state index in [4.69, 9.17) is 9.84 Å². The van der Waals surface area contributed by atoms with Gasteiger partial charge in [-0.25, -0.2) is 4.79 Å². The van der Waals surface area contributed by atoms with Gasteiger partial charge in [-0.2, -0.15) is 4.52 Å². The number of carbonyl (C=O) groups is 1. The van der Waals surface area contributed by atoms with Crippen LogP contribution in [0.5, 0.6) is 5.88 Å². The van der Waals surface area contributed by atoms with Gasteiger partial charge in [0.15, 0.2) is 18.1 Å². The van der Waals surface area contributed by atoms with Crippen LogP contribution in [0.4, 0.5) is 0 Å². The fourth-order valence-corrected chi connectivity index (χ4v) is 4.39. The van der Waals surface area contributed by atoms with Gasteiger partial charge in [-0.15, -0.1) is 15.3 Å². The molecule has 6 rings (SSSR count). The number of hydrogen-bond acceptors (Lipinski definition) is 5. The smallest absolute Gasteiger partial charge is 0.341 e. The van der Waals surface area contributed by atoms with Gasteiger partial charge in [-0.1, -0.05) is 30.3 Å². The number of carboxylic acids is 1. The van der Waals surface area contributed by atoms with Crippen LogP contribution in [-0.2, 0) is 4.79 Å². The Labute approximate surface area is 149 Å². The number of carboxylic acid groups (broad SMARTS) is 1. The number of fused-ring (bicyclic) bond motifs is 3. The molecule has 1 aromatic carbocycles. The van der Waals surface area contributed by atoms with Crippen molar-refractivity contribution in [2.75, 3.05) is 6.61 Å². The molecule has 7 nitrogen and oxygen atoms in total. The summed E-state index contributed by atoms with van der Waals surface area (Å²) in [5, 5.41) is 22.5. The Balaban J connectivity index is 1.74. The highest BCUT2D eigenvalue weighted by Gasteiger charge is 2.39. The summed E-state index contributed by atoms with van der Waals surface area (Å²) in [7, 11) is 0. The summed E-state index contributed by atoms with van der Waals surface area (Å²) >= 11 is 0. The van der Waals surface area contributed by atoms with Gasteiger partial charge < -0.3 is 9.84 Å². The molecule has 0 atom stereocenters. The number of nitrogens with zero attached hydrogens (tertiary/aromatic N) is 4. The lowest BCUT2D eigenvalue weighted by molar-refractivity contribution is -0.139. The first-order valence-electron chi connectivity index (χ1n) is 8.91. The van der Waals surface area contributed by atoms with E-state index >= 15 is 0 Å². The second-order valence-electron chi connectivity index (χ2n) is 6.99. The number of rotatable bonds is 4. The van der Waals surface area contributed by atoms with Crippen molar-refractivity contribution in [3.8, 4) is 17.3 Å². The molecule has 2 aromatic heterocycles. The second-order valence-corrected chi connectivity index (χ2v) is 6.99. The van der Waals surface area contributed by atoms with E-state index in [1.54, 1.807) is 4.52 Å². The maximum absolute atomic E-state index is 11.0. The van der Waals surface area contributed by atoms with Gasteiger partial charge in [0, 0.05) is 16.7 Å². The van der Waals surface area contributed by atoms with E-state index in [1.807, 2.05) is 30.3 Å². The third-order valence-electron chi connectivity index (χ3n) is 5.50. The van der Waals surface area contributed by atoms with Crippen LogP contribution in [0.1, 0.15) is 48.6 Å². The van der Waals surface area contributed by atoms with Gasteiger partial charge >= 0.3 is 5.97 Å². The van der Waals surface area contributed by atoms with Crippen molar-refractivity contribution in [1.29, 1.82) is 0 Å². The highest BCUT2D eigenvalue weighted by Crippen LogP contribution is 2.53. The quantitative estimate of drug-likeness (QED) is 0.778. The van der Waals surface area contributed by atoms with Crippen LogP contribution < -0.4 is 4.74 Å². The van der Waals surface area contributed by atoms with Crippen LogP contribution in [-0.4, -0.2) is 37.5 Å². The number of aromatic nitrogens is 4. The SMILES string of the molecule is O=C(O)COc1nn2c(-c3ccccc3)nnc2c2c1C1CCC2CC1. The van der Waals surface area contributed by atoms with E-state index in [2.05, 4.69) is 15.3 Å². The van der Waals surface area contributed by atoms with Gasteiger partial charge in [-0.3, -0.25) is 0 Å². The third-order valence-corrected chi connectivity index (χ3v) is 5.50. The highest BCUT2D eigenvalue weighted by atomic mass is 16.5. The molecule has 0 spiro atoms. The molecular weight excluding hydrogens is 332 g/mol.